The molecule has 0 radical (unpaired) electrons. The first-order valence-electron chi connectivity index (χ1n) is 8.15. The number of hydrogen-bond acceptors (Lipinski definition) is 4. The molecule has 0 unspecified atom stereocenters. The van der Waals surface area contributed by atoms with Crippen molar-refractivity contribution in [1.29, 1.82) is 0 Å². The van der Waals surface area contributed by atoms with Gasteiger partial charge < -0.3 is 9.47 Å². The van der Waals surface area contributed by atoms with Crippen LogP contribution in [-0.4, -0.2) is 52.2 Å². The molecule has 128 valence electrons. The predicted molar refractivity (Wildman–Crippen MR) is 87.8 cm³/mol. The molecular weight excluding hydrogens is 314 g/mol. The highest BCUT2D eigenvalue weighted by atomic mass is 32.2. The van der Waals surface area contributed by atoms with Gasteiger partial charge in [-0.15, -0.1) is 0 Å². The van der Waals surface area contributed by atoms with E-state index in [4.69, 9.17) is 9.47 Å². The third kappa shape index (κ3) is 3.18. The molecule has 6 heteroatoms. The number of ether oxygens (including phenoxy) is 2. The number of nitrogens with zero attached hydrogens (tertiary/aromatic N) is 1. The van der Waals surface area contributed by atoms with Crippen molar-refractivity contribution in [1.82, 2.24) is 4.31 Å². The Kier molecular flexibility index (Phi) is 4.78. The van der Waals surface area contributed by atoms with E-state index < -0.39 is 10.0 Å². The first-order valence-corrected chi connectivity index (χ1v) is 9.59. The molecule has 0 N–H and O–H groups in total. The molecule has 1 aromatic carbocycles. The summed E-state index contributed by atoms with van der Waals surface area (Å²) in [6.07, 6.45) is 2.73. The molecule has 2 heterocycles. The fourth-order valence-corrected chi connectivity index (χ4v) is 5.36. The van der Waals surface area contributed by atoms with Crippen LogP contribution in [0.3, 0.4) is 0 Å². The summed E-state index contributed by atoms with van der Waals surface area (Å²) in [5, 5.41) is 0. The van der Waals surface area contributed by atoms with Crippen LogP contribution in [0.5, 0.6) is 0 Å². The van der Waals surface area contributed by atoms with Crippen molar-refractivity contribution in [3.63, 3.8) is 0 Å². The standard InChI is InChI=1S/C17H25NO4S/c1-14-4-6-15(7-5-14)23(19,20)18-10-8-16-17(12-18,13-21-2)9-3-11-22-16/h4-7,16H,3,8-13H2,1-2H3/t16-,17-/m1/s1. The van der Waals surface area contributed by atoms with Crippen LogP contribution in [0.15, 0.2) is 29.2 Å². The fourth-order valence-electron chi connectivity index (χ4n) is 3.81. The van der Waals surface area contributed by atoms with E-state index in [2.05, 4.69) is 0 Å². The average Bonchev–Trinajstić information content (AvgIpc) is 2.55. The minimum atomic E-state index is -3.46. The highest BCUT2D eigenvalue weighted by Crippen LogP contribution is 2.41. The van der Waals surface area contributed by atoms with Crippen molar-refractivity contribution in [3.8, 4) is 0 Å². The smallest absolute Gasteiger partial charge is 0.243 e. The highest BCUT2D eigenvalue weighted by molar-refractivity contribution is 7.89. The molecule has 0 aromatic heterocycles. The molecule has 1 aromatic rings. The van der Waals surface area contributed by atoms with Gasteiger partial charge in [0.1, 0.15) is 0 Å². The number of methoxy groups -OCH3 is 1. The minimum Gasteiger partial charge on any atom is -0.384 e. The molecule has 0 saturated carbocycles. The molecule has 2 aliphatic rings. The zero-order chi connectivity index (χ0) is 16.5. The summed E-state index contributed by atoms with van der Waals surface area (Å²) in [4.78, 5) is 0.367. The molecule has 0 amide bonds. The van der Waals surface area contributed by atoms with E-state index in [1.54, 1.807) is 23.5 Å². The van der Waals surface area contributed by atoms with Gasteiger partial charge in [0, 0.05) is 32.2 Å². The van der Waals surface area contributed by atoms with E-state index in [0.29, 0.717) is 24.6 Å². The average molecular weight is 339 g/mol. The summed E-state index contributed by atoms with van der Waals surface area (Å²) in [6.45, 7) is 4.24. The van der Waals surface area contributed by atoms with E-state index >= 15 is 0 Å². The summed E-state index contributed by atoms with van der Waals surface area (Å²) in [7, 11) is -1.79. The first kappa shape index (κ1) is 16.9. The Morgan fingerprint density at radius 3 is 2.78 bits per heavy atom. The second kappa shape index (κ2) is 6.51. The number of piperidine rings is 1. The van der Waals surface area contributed by atoms with Crippen LogP contribution in [0.2, 0.25) is 0 Å². The summed E-state index contributed by atoms with van der Waals surface area (Å²) < 4.78 is 38.9. The van der Waals surface area contributed by atoms with Crippen molar-refractivity contribution >= 4 is 10.0 Å². The molecule has 2 fully saturated rings. The van der Waals surface area contributed by atoms with Crippen LogP contribution in [0, 0.1) is 12.3 Å². The van der Waals surface area contributed by atoms with Gasteiger partial charge in [0.2, 0.25) is 10.0 Å². The summed E-state index contributed by atoms with van der Waals surface area (Å²) in [6, 6.07) is 7.07. The van der Waals surface area contributed by atoms with Gasteiger partial charge in [0.25, 0.3) is 0 Å². The quantitative estimate of drug-likeness (QED) is 0.844. The highest BCUT2D eigenvalue weighted by Gasteiger charge is 2.48. The maximum Gasteiger partial charge on any atom is 0.243 e. The molecule has 23 heavy (non-hydrogen) atoms. The number of rotatable bonds is 4. The number of hydrogen-bond donors (Lipinski definition) is 0. The fraction of sp³-hybridized carbons (Fsp3) is 0.647. The van der Waals surface area contributed by atoms with E-state index in [9.17, 15) is 8.42 Å². The van der Waals surface area contributed by atoms with Crippen LogP contribution in [0.25, 0.3) is 0 Å². The van der Waals surface area contributed by atoms with Gasteiger partial charge in [0.15, 0.2) is 0 Å². The van der Waals surface area contributed by atoms with E-state index in [-0.39, 0.29) is 11.5 Å². The topological polar surface area (TPSA) is 55.8 Å². The molecule has 2 aliphatic heterocycles. The van der Waals surface area contributed by atoms with Crippen LogP contribution in [-0.2, 0) is 19.5 Å². The van der Waals surface area contributed by atoms with Crippen LogP contribution >= 0.6 is 0 Å². The summed E-state index contributed by atoms with van der Waals surface area (Å²) in [5.74, 6) is 0. The van der Waals surface area contributed by atoms with Gasteiger partial charge in [-0.2, -0.15) is 4.31 Å². The SMILES string of the molecule is COC[C@]12CCCO[C@@H]1CCN(S(=O)(=O)c1ccc(C)cc1)C2. The Balaban J connectivity index is 1.87. The van der Waals surface area contributed by atoms with Gasteiger partial charge in [-0.3, -0.25) is 0 Å². The second-order valence-electron chi connectivity index (χ2n) is 6.70. The Hall–Kier alpha value is -0.950. The largest absolute Gasteiger partial charge is 0.384 e. The van der Waals surface area contributed by atoms with Crippen molar-refractivity contribution in [2.75, 3.05) is 33.4 Å². The van der Waals surface area contributed by atoms with Crippen molar-refractivity contribution in [2.24, 2.45) is 5.41 Å². The van der Waals surface area contributed by atoms with Crippen LogP contribution in [0.4, 0.5) is 0 Å². The van der Waals surface area contributed by atoms with Gasteiger partial charge in [-0.05, 0) is 38.3 Å². The molecule has 0 spiro atoms. The second-order valence-corrected chi connectivity index (χ2v) is 8.64. The molecule has 3 rings (SSSR count). The normalized spacial score (nSPS) is 29.2. The zero-order valence-electron chi connectivity index (χ0n) is 13.8. The number of aryl methyl sites for hydroxylation is 1. The predicted octanol–water partition coefficient (Wildman–Crippen LogP) is 2.20. The third-order valence-electron chi connectivity index (χ3n) is 5.04. The maximum atomic E-state index is 13.0. The van der Waals surface area contributed by atoms with Crippen LogP contribution < -0.4 is 0 Å². The van der Waals surface area contributed by atoms with Crippen molar-refractivity contribution < 1.29 is 17.9 Å². The molecule has 2 saturated heterocycles. The first-order chi connectivity index (χ1) is 11.0. The Labute approximate surface area is 138 Å². The lowest BCUT2D eigenvalue weighted by molar-refractivity contribution is -0.137. The van der Waals surface area contributed by atoms with E-state index in [1.807, 2.05) is 19.1 Å². The molecule has 0 bridgehead atoms. The molecule has 2 atom stereocenters. The molecule has 0 aliphatic carbocycles. The van der Waals surface area contributed by atoms with E-state index in [0.717, 1.165) is 31.4 Å². The van der Waals surface area contributed by atoms with E-state index in [1.165, 1.54) is 0 Å². The number of sulfonamides is 1. The summed E-state index contributed by atoms with van der Waals surface area (Å²) >= 11 is 0. The monoisotopic (exact) mass is 339 g/mol. The number of fused-ring (bicyclic) bond motifs is 1. The van der Waals surface area contributed by atoms with Gasteiger partial charge in [0.05, 0.1) is 17.6 Å². The lowest BCUT2D eigenvalue weighted by Crippen LogP contribution is -2.57. The molecule has 5 nitrogen and oxygen atoms in total. The van der Waals surface area contributed by atoms with Crippen molar-refractivity contribution in [3.05, 3.63) is 29.8 Å². The van der Waals surface area contributed by atoms with Gasteiger partial charge in [-0.1, -0.05) is 17.7 Å². The van der Waals surface area contributed by atoms with Crippen molar-refractivity contribution in [2.45, 2.75) is 37.2 Å². The summed E-state index contributed by atoms with van der Waals surface area (Å²) in [5.41, 5.74) is 0.836. The lowest BCUT2D eigenvalue weighted by atomic mass is 9.73. The van der Waals surface area contributed by atoms with Gasteiger partial charge >= 0.3 is 0 Å². The third-order valence-corrected chi connectivity index (χ3v) is 6.90. The minimum absolute atomic E-state index is 0.0978. The Morgan fingerprint density at radius 1 is 1.35 bits per heavy atom. The Bertz CT molecular complexity index is 639. The lowest BCUT2D eigenvalue weighted by Gasteiger charge is -2.49. The Morgan fingerprint density at radius 2 is 2.09 bits per heavy atom. The van der Waals surface area contributed by atoms with Gasteiger partial charge in [-0.25, -0.2) is 8.42 Å². The zero-order valence-corrected chi connectivity index (χ0v) is 14.6. The number of benzene rings is 1. The molecular formula is C17H25NO4S. The van der Waals surface area contributed by atoms with Crippen LogP contribution in [0.1, 0.15) is 24.8 Å². The maximum absolute atomic E-state index is 13.0.